The zero-order chi connectivity index (χ0) is 83.3. The van der Waals surface area contributed by atoms with Crippen LogP contribution < -0.4 is 64.6 Å². The molecule has 0 aliphatic carbocycles. The molecule has 0 radical (unpaired) electrons. The zero-order valence-electron chi connectivity index (χ0n) is 64.3. The van der Waals surface area contributed by atoms with Crippen molar-refractivity contribution in [2.24, 2.45) is 17.4 Å². The Morgan fingerprint density at radius 1 is 0.513 bits per heavy atom. The van der Waals surface area contributed by atoms with Gasteiger partial charge < -0.3 is 89.6 Å². The van der Waals surface area contributed by atoms with Gasteiger partial charge in [0.1, 0.15) is 66.8 Å². The molecule has 32 nitrogen and oxygen atoms in total. The zero-order valence-corrected chi connectivity index (χ0v) is 65.1. The molecule has 11 amide bonds. The van der Waals surface area contributed by atoms with Crippen molar-refractivity contribution in [3.05, 3.63) is 190 Å². The smallest absolute Gasteiger partial charge is 0.312 e. The number of nitrogens with two attached hydrogens (primary N) is 2. The predicted octanol–water partition coefficient (Wildman–Crippen LogP) is 1.10. The second-order valence-corrected chi connectivity index (χ2v) is 29.5. The minimum Gasteiger partial charge on any atom is -0.481 e. The van der Waals surface area contributed by atoms with Crippen LogP contribution in [0.25, 0.3) is 10.8 Å². The fourth-order valence-corrected chi connectivity index (χ4v) is 13.7. The van der Waals surface area contributed by atoms with Gasteiger partial charge in [0.25, 0.3) is 0 Å². The highest BCUT2D eigenvalue weighted by Gasteiger charge is 2.41. The molecule has 2 fully saturated rings. The molecule has 8 rings (SSSR count). The summed E-state index contributed by atoms with van der Waals surface area (Å²) < 4.78 is 5.54. The summed E-state index contributed by atoms with van der Waals surface area (Å²) in [6.07, 6.45) is -1.84. The van der Waals surface area contributed by atoms with Crippen molar-refractivity contribution in [1.82, 2.24) is 63.0 Å². The van der Waals surface area contributed by atoms with Gasteiger partial charge in [-0.15, -0.1) is 0 Å². The van der Waals surface area contributed by atoms with Crippen molar-refractivity contribution in [2.45, 2.75) is 165 Å². The molecular weight excluding hydrogens is 1500 g/mol. The summed E-state index contributed by atoms with van der Waals surface area (Å²) in [5, 5.41) is 66.6. The average molecular weight is 1610 g/mol. The molecule has 2 aliphatic rings. The number of aliphatic hydroxyl groups excluding tert-OH is 1. The van der Waals surface area contributed by atoms with Gasteiger partial charge in [0.15, 0.2) is 5.96 Å². The van der Waals surface area contributed by atoms with Crippen LogP contribution in [0.1, 0.15) is 98.2 Å². The summed E-state index contributed by atoms with van der Waals surface area (Å²) in [4.78, 5) is 186. The number of primary amides is 1. The number of carbonyl (C=O) groups is 13. The van der Waals surface area contributed by atoms with E-state index in [9.17, 15) is 53.7 Å². The highest BCUT2D eigenvalue weighted by molar-refractivity contribution is 6.30. The molecule has 0 unspecified atom stereocenters. The van der Waals surface area contributed by atoms with Gasteiger partial charge in [-0.2, -0.15) is 0 Å². The van der Waals surface area contributed by atoms with Crippen LogP contribution in [0.5, 0.6) is 0 Å². The van der Waals surface area contributed by atoms with E-state index in [1.165, 1.54) is 24.0 Å². The number of guanidine groups is 1. The van der Waals surface area contributed by atoms with Crippen LogP contribution in [0, 0.1) is 11.3 Å². The van der Waals surface area contributed by atoms with Crippen LogP contribution in [0.4, 0.5) is 0 Å². The highest BCUT2D eigenvalue weighted by Crippen LogP contribution is 2.24. The number of hydrogen-bond acceptors (Lipinski definition) is 17. The van der Waals surface area contributed by atoms with E-state index in [-0.39, 0.29) is 89.2 Å². The molecule has 0 spiro atoms. The number of amides is 11. The summed E-state index contributed by atoms with van der Waals surface area (Å²) in [5.74, 6) is -13.1. The van der Waals surface area contributed by atoms with Crippen LogP contribution >= 0.6 is 11.6 Å². The molecule has 33 heteroatoms. The number of aliphatic carboxylic acids is 2. The lowest BCUT2D eigenvalue weighted by molar-refractivity contribution is -0.142. The minimum absolute atomic E-state index is 0.0360. The van der Waals surface area contributed by atoms with Gasteiger partial charge in [-0.3, -0.25) is 72.6 Å². The summed E-state index contributed by atoms with van der Waals surface area (Å²) >= 11 is 6.27. The van der Waals surface area contributed by atoms with Gasteiger partial charge in [0.2, 0.25) is 65.0 Å². The van der Waals surface area contributed by atoms with E-state index < -0.39 is 150 Å². The maximum absolute atomic E-state index is 15.4. The van der Waals surface area contributed by atoms with Gasteiger partial charge in [-0.1, -0.05) is 159 Å². The first-order chi connectivity index (χ1) is 55.0. The standard InChI is InChI=1S/C82H102ClN15O17/c1-48(2)38-61(73(106)90-60(18-10-32-87-82(85)86)81(114)98-33-11-19-68(98)80(113)88-49(3)72(84)105)91-74(107)63(40-51-20-22-54(23-21-51)43-70(101)102)93-76(109)65(41-52-24-26-55(27-25-52)46-97-34-36-115-37-35-97)95-79(112)67(47-99)96-77(110)62(39-50-12-5-4-6-13-50)92-75(108)64(42-53-28-30-58(83)31-29-53)94-78(111)66(89-69(100)45-71(103)104)44-57-16-9-15-56-14-7-8-17-59(56)57/h4-9,12-17,20-31,48-49,60-68,99H,10-11,18-19,32-47H2,1-3H3,(H2,84,105)(H,88,113)(H,89,100)(H,90,106)(H,91,107)(H,92,108)(H,93,109)(H,94,111)(H,95,112)(H,96,110)(H,101,102)(H,103,104)(H4,85,86,87)/t49-,60+,61+,62-,63-,64-,65+,66-,67+,68+/m1/s1. The van der Waals surface area contributed by atoms with Gasteiger partial charge in [0.05, 0.1) is 26.2 Å². The summed E-state index contributed by atoms with van der Waals surface area (Å²) in [7, 11) is 0. The average Bonchev–Trinajstić information content (AvgIpc) is 1.61. The van der Waals surface area contributed by atoms with Crippen molar-refractivity contribution >= 4 is 105 Å². The largest absolute Gasteiger partial charge is 0.481 e. The minimum atomic E-state index is -1.87. The Morgan fingerprint density at radius 3 is 1.50 bits per heavy atom. The van der Waals surface area contributed by atoms with E-state index >= 15 is 24.0 Å². The number of fused-ring (bicyclic) bond motifs is 1. The van der Waals surface area contributed by atoms with Crippen molar-refractivity contribution in [1.29, 1.82) is 5.41 Å². The second kappa shape index (κ2) is 44.0. The van der Waals surface area contributed by atoms with Gasteiger partial charge in [-0.25, -0.2) is 0 Å². The second-order valence-electron chi connectivity index (χ2n) is 29.1. The molecule has 6 aromatic carbocycles. The van der Waals surface area contributed by atoms with E-state index in [1.54, 1.807) is 111 Å². The van der Waals surface area contributed by atoms with Crippen molar-refractivity contribution in [3.63, 3.8) is 0 Å². The number of nitrogens with zero attached hydrogens (tertiary/aromatic N) is 2. The summed E-state index contributed by atoms with van der Waals surface area (Å²) in [6.45, 7) is 7.07. The van der Waals surface area contributed by atoms with Crippen molar-refractivity contribution in [3.8, 4) is 0 Å². The van der Waals surface area contributed by atoms with Crippen LogP contribution in [-0.4, -0.2) is 214 Å². The number of nitrogens with one attached hydrogen (secondary N) is 11. The third kappa shape index (κ3) is 28.3. The van der Waals surface area contributed by atoms with E-state index in [2.05, 4.69) is 58.1 Å². The van der Waals surface area contributed by atoms with E-state index in [4.69, 9.17) is 33.2 Å². The molecule has 0 aromatic heterocycles. The molecule has 2 aliphatic heterocycles. The monoisotopic (exact) mass is 1600 g/mol. The lowest BCUT2D eigenvalue weighted by atomic mass is 9.97. The lowest BCUT2D eigenvalue weighted by Crippen LogP contribution is -2.62. The Kier molecular flexibility index (Phi) is 33.9. The first-order valence-electron chi connectivity index (χ1n) is 38.1. The van der Waals surface area contributed by atoms with Gasteiger partial charge >= 0.3 is 11.9 Å². The highest BCUT2D eigenvalue weighted by atomic mass is 35.5. The number of hydrogen-bond donors (Lipinski definition) is 16. The Labute approximate surface area is 670 Å². The number of carboxylic acid groups (broad SMARTS) is 2. The van der Waals surface area contributed by atoms with Crippen LogP contribution in [0.3, 0.4) is 0 Å². The Morgan fingerprint density at radius 2 is 0.974 bits per heavy atom. The fourth-order valence-electron chi connectivity index (χ4n) is 13.5. The quantitative estimate of drug-likeness (QED) is 0.0110. The van der Waals surface area contributed by atoms with Crippen molar-refractivity contribution in [2.75, 3.05) is 46.0 Å². The van der Waals surface area contributed by atoms with Crippen molar-refractivity contribution < 1.29 is 82.4 Å². The van der Waals surface area contributed by atoms with Crippen LogP contribution in [0.2, 0.25) is 5.02 Å². The number of carboxylic acids is 2. The molecule has 2 heterocycles. The molecule has 0 saturated carbocycles. The third-order valence-electron chi connectivity index (χ3n) is 19.6. The van der Waals surface area contributed by atoms with Gasteiger partial charge in [-0.05, 0) is 107 Å². The third-order valence-corrected chi connectivity index (χ3v) is 19.9. The first kappa shape index (κ1) is 88.7. The number of halogens is 1. The SMILES string of the molecule is CC(C)C[C@H](NC(=O)[C@@H](Cc1ccc(CC(=O)O)cc1)NC(=O)[C@H](Cc1ccc(CN2CCOCC2)cc1)NC(=O)[C@H](CO)NC(=O)[C@@H](Cc1ccccc1)NC(=O)[C@@H](Cc1ccc(Cl)cc1)NC(=O)[C@@H](Cc1cccc2ccccc12)NC(=O)CC(=O)O)C(=O)N[C@@H](CCCNC(=N)N)C(=O)N1CCC[C@H]1C(=O)N[C@H](C)C(N)=O. The number of benzene rings is 6. The molecule has 18 N–H and O–H groups in total. The first-order valence-corrected chi connectivity index (χ1v) is 38.5. The van der Waals surface area contributed by atoms with Crippen LogP contribution in [-0.2, 0) is 112 Å². The number of carbonyl (C=O) groups excluding carboxylic acids is 11. The van der Waals surface area contributed by atoms with E-state index in [1.807, 2.05) is 36.4 Å². The number of ether oxygens (including phenoxy) is 1. The van der Waals surface area contributed by atoms with Gasteiger partial charge in [0, 0.05) is 69.9 Å². The molecule has 115 heavy (non-hydrogen) atoms. The Hall–Kier alpha value is -11.9. The Bertz CT molecular complexity index is 4390. The molecule has 614 valence electrons. The topological polar surface area (TPSA) is 494 Å². The normalized spacial score (nSPS) is 15.8. The Balaban J connectivity index is 1.09. The molecule has 0 bridgehead atoms. The predicted molar refractivity (Wildman–Crippen MR) is 426 cm³/mol. The fraction of sp³-hybridized carbons (Fsp3) is 0.415. The van der Waals surface area contributed by atoms with E-state index in [0.29, 0.717) is 77.7 Å². The summed E-state index contributed by atoms with van der Waals surface area (Å²) in [6, 6.07) is 26.1. The number of aliphatic hydroxyl groups is 1. The molecule has 6 aromatic rings. The maximum Gasteiger partial charge on any atom is 0.312 e. The number of rotatable bonds is 42. The molecule has 10 atom stereocenters. The summed E-state index contributed by atoms with van der Waals surface area (Å²) in [5.41, 5.74) is 14.8. The maximum atomic E-state index is 15.4. The van der Waals surface area contributed by atoms with Crippen LogP contribution in [0.15, 0.2) is 146 Å². The van der Waals surface area contributed by atoms with E-state index in [0.717, 1.165) is 16.3 Å². The number of likely N-dealkylation sites (tertiary alicyclic amines) is 1. The molecule has 2 saturated heterocycles. The molecular formula is C82H102ClN15O17. The lowest BCUT2D eigenvalue weighted by Gasteiger charge is -2.31. The number of morpholine rings is 1.